The number of carbonyl (C=O) groups is 1. The Balaban J connectivity index is 1.53. The molecule has 0 spiro atoms. The van der Waals surface area contributed by atoms with Crippen molar-refractivity contribution in [1.29, 1.82) is 0 Å². The number of benzene rings is 2. The number of amides is 1. The molecule has 4 nitrogen and oxygen atoms in total. The first kappa shape index (κ1) is 15.1. The molecular weight excluding hydrogens is 310 g/mol. The zero-order valence-electron chi connectivity index (χ0n) is 13.6. The first-order chi connectivity index (χ1) is 12.3. The molecule has 0 saturated carbocycles. The largest absolute Gasteiger partial charge is 0.361 e. The number of nitrogens with one attached hydrogen (secondary N) is 2. The topological polar surface area (TPSA) is 57.8 Å². The van der Waals surface area contributed by atoms with E-state index >= 15 is 0 Å². The molecule has 0 fully saturated rings. The number of aromatic amines is 1. The van der Waals surface area contributed by atoms with Gasteiger partial charge in [-0.2, -0.15) is 0 Å². The first-order valence-electron chi connectivity index (χ1n) is 8.16. The predicted molar refractivity (Wildman–Crippen MR) is 100 cm³/mol. The summed E-state index contributed by atoms with van der Waals surface area (Å²) in [6.07, 6.45) is 2.25. The smallest absolute Gasteiger partial charge is 0.229 e. The Morgan fingerprint density at radius 3 is 2.72 bits per heavy atom. The van der Waals surface area contributed by atoms with Gasteiger partial charge in [-0.1, -0.05) is 42.5 Å². The summed E-state index contributed by atoms with van der Waals surface area (Å²) in [6, 6.07) is 23.5. The molecule has 2 heterocycles. The van der Waals surface area contributed by atoms with Gasteiger partial charge in [-0.15, -0.1) is 0 Å². The highest BCUT2D eigenvalue weighted by atomic mass is 16.1. The van der Waals surface area contributed by atoms with Crippen molar-refractivity contribution in [1.82, 2.24) is 9.97 Å². The second kappa shape index (κ2) is 6.61. The zero-order valence-corrected chi connectivity index (χ0v) is 13.6. The van der Waals surface area contributed by atoms with E-state index < -0.39 is 0 Å². The minimum absolute atomic E-state index is 0.0723. The summed E-state index contributed by atoms with van der Waals surface area (Å²) < 4.78 is 0. The summed E-state index contributed by atoms with van der Waals surface area (Å²) in [5.74, 6) is 0.490. The van der Waals surface area contributed by atoms with E-state index in [1.54, 1.807) is 6.07 Å². The van der Waals surface area contributed by atoms with Crippen LogP contribution in [-0.4, -0.2) is 15.9 Å². The van der Waals surface area contributed by atoms with Crippen LogP contribution in [0.4, 0.5) is 5.82 Å². The zero-order chi connectivity index (χ0) is 17.1. The van der Waals surface area contributed by atoms with Crippen LogP contribution in [0, 0.1) is 0 Å². The average Bonchev–Trinajstić information content (AvgIpc) is 3.10. The van der Waals surface area contributed by atoms with Gasteiger partial charge in [-0.3, -0.25) is 4.79 Å². The standard InChI is InChI=1S/C21H17N3O/c25-21(13-15-5-2-1-3-6-15)24-20-8-4-7-19(23-20)16-9-10-18-17(14-16)11-12-22-18/h1-12,14,22H,13H2,(H,23,24,25). The van der Waals surface area contributed by atoms with E-state index in [0.717, 1.165) is 27.7 Å². The van der Waals surface area contributed by atoms with Crippen LogP contribution in [0.2, 0.25) is 0 Å². The van der Waals surface area contributed by atoms with Crippen LogP contribution in [0.1, 0.15) is 5.56 Å². The van der Waals surface area contributed by atoms with Crippen molar-refractivity contribution in [2.24, 2.45) is 0 Å². The lowest BCUT2D eigenvalue weighted by Gasteiger charge is -2.07. The number of fused-ring (bicyclic) bond motifs is 1. The summed E-state index contributed by atoms with van der Waals surface area (Å²) in [4.78, 5) is 20.0. The maximum absolute atomic E-state index is 12.2. The Hall–Kier alpha value is -3.40. The maximum Gasteiger partial charge on any atom is 0.229 e. The van der Waals surface area contributed by atoms with E-state index in [1.165, 1.54) is 0 Å². The molecule has 4 heteroatoms. The molecule has 2 N–H and O–H groups in total. The van der Waals surface area contributed by atoms with Crippen molar-refractivity contribution in [3.8, 4) is 11.3 Å². The Bertz CT molecular complexity index is 1020. The molecule has 0 unspecified atom stereocenters. The monoisotopic (exact) mass is 327 g/mol. The SMILES string of the molecule is O=C(Cc1ccccc1)Nc1cccc(-c2ccc3[nH]ccc3c2)n1. The molecule has 4 rings (SSSR count). The molecular formula is C21H17N3O. The van der Waals surface area contributed by atoms with Gasteiger partial charge in [0.25, 0.3) is 0 Å². The molecule has 0 bridgehead atoms. The van der Waals surface area contributed by atoms with E-state index in [4.69, 9.17) is 0 Å². The fourth-order valence-electron chi connectivity index (χ4n) is 2.85. The Labute approximate surface area is 145 Å². The lowest BCUT2D eigenvalue weighted by Crippen LogP contribution is -2.15. The minimum Gasteiger partial charge on any atom is -0.361 e. The van der Waals surface area contributed by atoms with Gasteiger partial charge in [0.2, 0.25) is 5.91 Å². The van der Waals surface area contributed by atoms with E-state index in [9.17, 15) is 4.79 Å². The third-order valence-corrected chi connectivity index (χ3v) is 4.07. The molecule has 0 aliphatic carbocycles. The number of hydrogen-bond acceptors (Lipinski definition) is 2. The second-order valence-corrected chi connectivity index (χ2v) is 5.90. The molecule has 0 radical (unpaired) electrons. The Kier molecular flexibility index (Phi) is 4.01. The van der Waals surface area contributed by atoms with Gasteiger partial charge < -0.3 is 10.3 Å². The number of hydrogen-bond donors (Lipinski definition) is 2. The van der Waals surface area contributed by atoms with E-state index in [2.05, 4.69) is 21.4 Å². The fraction of sp³-hybridized carbons (Fsp3) is 0.0476. The lowest BCUT2D eigenvalue weighted by molar-refractivity contribution is -0.115. The minimum atomic E-state index is -0.0723. The van der Waals surface area contributed by atoms with Gasteiger partial charge in [0.1, 0.15) is 5.82 Å². The van der Waals surface area contributed by atoms with Gasteiger partial charge in [-0.25, -0.2) is 4.98 Å². The summed E-state index contributed by atoms with van der Waals surface area (Å²) in [7, 11) is 0. The summed E-state index contributed by atoms with van der Waals surface area (Å²) in [5, 5.41) is 4.01. The van der Waals surface area contributed by atoms with Crippen molar-refractivity contribution in [3.05, 3.63) is 84.6 Å². The molecule has 0 aliphatic heterocycles. The number of aromatic nitrogens is 2. The van der Waals surface area contributed by atoms with Crippen LogP contribution < -0.4 is 5.32 Å². The molecule has 25 heavy (non-hydrogen) atoms. The van der Waals surface area contributed by atoms with Crippen LogP contribution in [0.15, 0.2) is 79.0 Å². The van der Waals surface area contributed by atoms with E-state index in [0.29, 0.717) is 12.2 Å². The van der Waals surface area contributed by atoms with Gasteiger partial charge in [0.05, 0.1) is 12.1 Å². The highest BCUT2D eigenvalue weighted by Crippen LogP contribution is 2.23. The van der Waals surface area contributed by atoms with Crippen molar-refractivity contribution in [2.45, 2.75) is 6.42 Å². The van der Waals surface area contributed by atoms with Crippen LogP contribution in [0.5, 0.6) is 0 Å². The van der Waals surface area contributed by atoms with Crippen molar-refractivity contribution in [2.75, 3.05) is 5.32 Å². The quantitative estimate of drug-likeness (QED) is 0.583. The van der Waals surface area contributed by atoms with Gasteiger partial charge in [0, 0.05) is 22.7 Å². The summed E-state index contributed by atoms with van der Waals surface area (Å²) in [6.45, 7) is 0. The molecule has 0 aliphatic rings. The molecule has 0 saturated heterocycles. The number of pyridine rings is 1. The molecule has 122 valence electrons. The van der Waals surface area contributed by atoms with Crippen molar-refractivity contribution >= 4 is 22.6 Å². The third kappa shape index (κ3) is 3.43. The fourth-order valence-corrected chi connectivity index (χ4v) is 2.85. The predicted octanol–water partition coefficient (Wildman–Crippen LogP) is 4.41. The Morgan fingerprint density at radius 1 is 0.960 bits per heavy atom. The van der Waals surface area contributed by atoms with Gasteiger partial charge in [0.15, 0.2) is 0 Å². The summed E-state index contributed by atoms with van der Waals surface area (Å²) >= 11 is 0. The highest BCUT2D eigenvalue weighted by Gasteiger charge is 2.07. The lowest BCUT2D eigenvalue weighted by atomic mass is 10.1. The van der Waals surface area contributed by atoms with Crippen molar-refractivity contribution < 1.29 is 4.79 Å². The second-order valence-electron chi connectivity index (χ2n) is 5.90. The van der Waals surface area contributed by atoms with Crippen LogP contribution >= 0.6 is 0 Å². The average molecular weight is 327 g/mol. The molecule has 2 aromatic heterocycles. The Morgan fingerprint density at radius 2 is 1.84 bits per heavy atom. The molecule has 2 aromatic carbocycles. The first-order valence-corrected chi connectivity index (χ1v) is 8.16. The van der Waals surface area contributed by atoms with Gasteiger partial charge in [-0.05, 0) is 35.9 Å². The van der Waals surface area contributed by atoms with Gasteiger partial charge >= 0.3 is 0 Å². The van der Waals surface area contributed by atoms with Crippen LogP contribution in [0.3, 0.4) is 0 Å². The summed E-state index contributed by atoms with van der Waals surface area (Å²) in [5.41, 5.74) is 3.93. The number of nitrogens with zero attached hydrogens (tertiary/aromatic N) is 1. The normalized spacial score (nSPS) is 10.7. The molecule has 0 atom stereocenters. The van der Waals surface area contributed by atoms with E-state index in [-0.39, 0.29) is 5.91 Å². The third-order valence-electron chi connectivity index (χ3n) is 4.07. The number of H-pyrrole nitrogens is 1. The maximum atomic E-state index is 12.2. The van der Waals surface area contributed by atoms with Crippen LogP contribution in [-0.2, 0) is 11.2 Å². The molecule has 4 aromatic rings. The number of rotatable bonds is 4. The molecule has 1 amide bonds. The number of anilines is 1. The van der Waals surface area contributed by atoms with E-state index in [1.807, 2.05) is 66.9 Å². The van der Waals surface area contributed by atoms with Crippen molar-refractivity contribution in [3.63, 3.8) is 0 Å². The highest BCUT2D eigenvalue weighted by molar-refractivity contribution is 5.91. The number of carbonyl (C=O) groups excluding carboxylic acids is 1. The van der Waals surface area contributed by atoms with Crippen LogP contribution in [0.25, 0.3) is 22.2 Å².